The Labute approximate surface area is 92.4 Å². The molecular formula is C11H24N2O2. The lowest BCUT2D eigenvalue weighted by molar-refractivity contribution is 0.0288. The SMILES string of the molecule is COC1CCN(C(C)CC(C)(O)CN)C1. The van der Waals surface area contributed by atoms with Gasteiger partial charge in [0, 0.05) is 32.8 Å². The van der Waals surface area contributed by atoms with Crippen LogP contribution in [-0.2, 0) is 4.74 Å². The maximum Gasteiger partial charge on any atom is 0.0756 e. The molecule has 0 aromatic heterocycles. The van der Waals surface area contributed by atoms with Crippen molar-refractivity contribution in [3.05, 3.63) is 0 Å². The summed E-state index contributed by atoms with van der Waals surface area (Å²) in [7, 11) is 1.76. The first-order chi connectivity index (χ1) is 6.98. The van der Waals surface area contributed by atoms with Crippen molar-refractivity contribution in [1.82, 2.24) is 4.90 Å². The Morgan fingerprint density at radius 3 is 2.80 bits per heavy atom. The van der Waals surface area contributed by atoms with Crippen molar-refractivity contribution in [3.63, 3.8) is 0 Å². The van der Waals surface area contributed by atoms with E-state index >= 15 is 0 Å². The van der Waals surface area contributed by atoms with Crippen molar-refractivity contribution in [2.45, 2.75) is 44.4 Å². The van der Waals surface area contributed by atoms with Crippen molar-refractivity contribution in [2.24, 2.45) is 5.73 Å². The summed E-state index contributed by atoms with van der Waals surface area (Å²) in [5, 5.41) is 9.89. The molecule has 0 aromatic rings. The van der Waals surface area contributed by atoms with Crippen LogP contribution in [0.25, 0.3) is 0 Å². The summed E-state index contributed by atoms with van der Waals surface area (Å²) in [6.45, 7) is 6.28. The number of hydrogen-bond donors (Lipinski definition) is 2. The van der Waals surface area contributed by atoms with Gasteiger partial charge in [-0.2, -0.15) is 0 Å². The molecule has 3 unspecified atom stereocenters. The number of nitrogens with zero attached hydrogens (tertiary/aromatic N) is 1. The average Bonchev–Trinajstić information content (AvgIpc) is 2.65. The Kier molecular flexibility index (Phi) is 4.52. The fourth-order valence-electron chi connectivity index (χ4n) is 2.20. The molecule has 1 fully saturated rings. The maximum atomic E-state index is 9.89. The highest BCUT2D eigenvalue weighted by atomic mass is 16.5. The molecule has 15 heavy (non-hydrogen) atoms. The summed E-state index contributed by atoms with van der Waals surface area (Å²) in [6, 6.07) is 0.365. The number of likely N-dealkylation sites (tertiary alicyclic amines) is 1. The highest BCUT2D eigenvalue weighted by molar-refractivity contribution is 4.85. The molecule has 0 aromatic carbocycles. The standard InChI is InChI=1S/C11H24N2O2/c1-9(6-11(2,14)8-12)13-5-4-10(7-13)15-3/h9-10,14H,4-8,12H2,1-3H3. The molecule has 1 rings (SSSR count). The van der Waals surface area contributed by atoms with E-state index in [4.69, 9.17) is 10.5 Å². The molecule has 0 aliphatic carbocycles. The fourth-order valence-corrected chi connectivity index (χ4v) is 2.20. The highest BCUT2D eigenvalue weighted by Crippen LogP contribution is 2.20. The minimum Gasteiger partial charge on any atom is -0.389 e. The fraction of sp³-hybridized carbons (Fsp3) is 1.00. The van der Waals surface area contributed by atoms with Crippen LogP contribution in [-0.4, -0.2) is 54.5 Å². The van der Waals surface area contributed by atoms with Crippen molar-refractivity contribution in [3.8, 4) is 0 Å². The van der Waals surface area contributed by atoms with Crippen LogP contribution in [0.3, 0.4) is 0 Å². The summed E-state index contributed by atoms with van der Waals surface area (Å²) in [5.41, 5.74) is 4.77. The van der Waals surface area contributed by atoms with Gasteiger partial charge in [-0.05, 0) is 26.7 Å². The van der Waals surface area contributed by atoms with Crippen molar-refractivity contribution < 1.29 is 9.84 Å². The third-order valence-electron chi connectivity index (χ3n) is 3.31. The second kappa shape index (κ2) is 5.25. The topological polar surface area (TPSA) is 58.7 Å². The monoisotopic (exact) mass is 216 g/mol. The Balaban J connectivity index is 2.38. The van der Waals surface area contributed by atoms with Crippen LogP contribution < -0.4 is 5.73 Å². The Bertz CT molecular complexity index is 197. The Morgan fingerprint density at radius 1 is 1.67 bits per heavy atom. The minimum atomic E-state index is -0.745. The van der Waals surface area contributed by atoms with Crippen LogP contribution in [0, 0.1) is 0 Å². The first-order valence-electron chi connectivity index (χ1n) is 5.68. The van der Waals surface area contributed by atoms with Gasteiger partial charge in [-0.3, -0.25) is 4.90 Å². The summed E-state index contributed by atoms with van der Waals surface area (Å²) in [4.78, 5) is 2.36. The molecule has 4 heteroatoms. The largest absolute Gasteiger partial charge is 0.389 e. The molecule has 4 nitrogen and oxygen atoms in total. The molecule has 0 spiro atoms. The quantitative estimate of drug-likeness (QED) is 0.689. The molecule has 1 heterocycles. The van der Waals surface area contributed by atoms with Gasteiger partial charge in [0.05, 0.1) is 11.7 Å². The van der Waals surface area contributed by atoms with Gasteiger partial charge in [0.2, 0.25) is 0 Å². The highest BCUT2D eigenvalue weighted by Gasteiger charge is 2.30. The van der Waals surface area contributed by atoms with Gasteiger partial charge in [-0.25, -0.2) is 0 Å². The van der Waals surface area contributed by atoms with Crippen LogP contribution in [0.1, 0.15) is 26.7 Å². The van der Waals surface area contributed by atoms with Gasteiger partial charge < -0.3 is 15.6 Å². The van der Waals surface area contributed by atoms with E-state index in [0.29, 0.717) is 18.7 Å². The van der Waals surface area contributed by atoms with Gasteiger partial charge in [0.1, 0.15) is 0 Å². The van der Waals surface area contributed by atoms with E-state index in [9.17, 15) is 5.11 Å². The molecule has 1 aliphatic rings. The van der Waals surface area contributed by atoms with E-state index in [1.807, 2.05) is 0 Å². The molecule has 3 atom stereocenters. The molecule has 1 saturated heterocycles. The molecule has 0 bridgehead atoms. The Hall–Kier alpha value is -0.160. The van der Waals surface area contributed by atoms with E-state index in [0.717, 1.165) is 25.9 Å². The zero-order valence-electron chi connectivity index (χ0n) is 10.1. The number of hydrogen-bond acceptors (Lipinski definition) is 4. The lowest BCUT2D eigenvalue weighted by atomic mass is 9.97. The lowest BCUT2D eigenvalue weighted by Gasteiger charge is -2.31. The summed E-state index contributed by atoms with van der Waals surface area (Å²) >= 11 is 0. The molecule has 3 N–H and O–H groups in total. The summed E-state index contributed by atoms with van der Waals surface area (Å²) < 4.78 is 5.32. The molecule has 0 amide bonds. The summed E-state index contributed by atoms with van der Waals surface area (Å²) in [6.07, 6.45) is 2.17. The Morgan fingerprint density at radius 2 is 2.33 bits per heavy atom. The number of aliphatic hydroxyl groups is 1. The molecule has 90 valence electrons. The minimum absolute atomic E-state index is 0.318. The van der Waals surface area contributed by atoms with E-state index in [1.54, 1.807) is 14.0 Å². The second-order valence-electron chi connectivity index (χ2n) is 4.90. The van der Waals surface area contributed by atoms with Crippen LogP contribution >= 0.6 is 0 Å². The van der Waals surface area contributed by atoms with Crippen LogP contribution in [0.15, 0.2) is 0 Å². The number of ether oxygens (including phenoxy) is 1. The normalized spacial score (nSPS) is 29.0. The van der Waals surface area contributed by atoms with E-state index in [1.165, 1.54) is 0 Å². The van der Waals surface area contributed by atoms with Gasteiger partial charge in [-0.1, -0.05) is 0 Å². The third kappa shape index (κ3) is 3.72. The number of nitrogens with two attached hydrogens (primary N) is 1. The lowest BCUT2D eigenvalue weighted by Crippen LogP contribution is -2.43. The smallest absolute Gasteiger partial charge is 0.0756 e. The second-order valence-corrected chi connectivity index (χ2v) is 4.90. The van der Waals surface area contributed by atoms with Crippen LogP contribution in [0.5, 0.6) is 0 Å². The average molecular weight is 216 g/mol. The van der Waals surface area contributed by atoms with E-state index < -0.39 is 5.60 Å². The number of rotatable bonds is 5. The van der Waals surface area contributed by atoms with Crippen LogP contribution in [0.2, 0.25) is 0 Å². The third-order valence-corrected chi connectivity index (χ3v) is 3.31. The van der Waals surface area contributed by atoms with Crippen molar-refractivity contribution >= 4 is 0 Å². The van der Waals surface area contributed by atoms with E-state index in [2.05, 4.69) is 11.8 Å². The zero-order chi connectivity index (χ0) is 11.5. The predicted octanol–water partition coefficient (Wildman–Crippen LogP) is 0.195. The maximum absolute atomic E-state index is 9.89. The van der Waals surface area contributed by atoms with Gasteiger partial charge >= 0.3 is 0 Å². The van der Waals surface area contributed by atoms with Crippen molar-refractivity contribution in [1.29, 1.82) is 0 Å². The molecular weight excluding hydrogens is 192 g/mol. The van der Waals surface area contributed by atoms with E-state index in [-0.39, 0.29) is 0 Å². The van der Waals surface area contributed by atoms with Gasteiger partial charge in [0.15, 0.2) is 0 Å². The van der Waals surface area contributed by atoms with Gasteiger partial charge in [0.25, 0.3) is 0 Å². The first-order valence-corrected chi connectivity index (χ1v) is 5.68. The number of methoxy groups -OCH3 is 1. The van der Waals surface area contributed by atoms with Crippen LogP contribution in [0.4, 0.5) is 0 Å². The van der Waals surface area contributed by atoms with Crippen molar-refractivity contribution in [2.75, 3.05) is 26.7 Å². The molecule has 0 radical (unpaired) electrons. The first kappa shape index (κ1) is 12.9. The predicted molar refractivity (Wildman–Crippen MR) is 60.7 cm³/mol. The molecule has 0 saturated carbocycles. The van der Waals surface area contributed by atoms with Gasteiger partial charge in [-0.15, -0.1) is 0 Å². The zero-order valence-corrected chi connectivity index (χ0v) is 10.1. The molecule has 1 aliphatic heterocycles. The summed E-state index contributed by atoms with van der Waals surface area (Å²) in [5.74, 6) is 0.